The number of nitriles is 1. The van der Waals surface area contributed by atoms with Gasteiger partial charge >= 0.3 is 0 Å². The number of aromatic nitrogens is 5. The van der Waals surface area contributed by atoms with Crippen LogP contribution in [-0.2, 0) is 12.8 Å². The molecule has 0 saturated heterocycles. The van der Waals surface area contributed by atoms with E-state index in [1.165, 1.54) is 11.1 Å². The van der Waals surface area contributed by atoms with Gasteiger partial charge in [0.25, 0.3) is 0 Å². The summed E-state index contributed by atoms with van der Waals surface area (Å²) in [5.74, 6) is 2.41. The maximum atomic E-state index is 9.13. The second kappa shape index (κ2) is 11.2. The molecule has 40 heavy (non-hydrogen) atoms. The quantitative estimate of drug-likeness (QED) is 0.251. The van der Waals surface area contributed by atoms with E-state index in [2.05, 4.69) is 41.9 Å². The Balaban J connectivity index is 1.23. The molecule has 0 fully saturated rings. The first-order valence-electron chi connectivity index (χ1n) is 13.1. The zero-order chi connectivity index (χ0) is 27.3. The van der Waals surface area contributed by atoms with Crippen molar-refractivity contribution in [2.45, 2.75) is 25.7 Å². The highest BCUT2D eigenvalue weighted by atomic mass is 16.5. The van der Waals surface area contributed by atoms with Gasteiger partial charge in [0, 0.05) is 36.3 Å². The predicted octanol–water partition coefficient (Wildman–Crippen LogP) is 6.32. The van der Waals surface area contributed by atoms with E-state index in [1.54, 1.807) is 19.4 Å². The van der Waals surface area contributed by atoms with Crippen LogP contribution >= 0.6 is 0 Å². The van der Waals surface area contributed by atoms with E-state index in [9.17, 15) is 0 Å². The number of nitrogens with zero attached hydrogens (tertiary/aromatic N) is 6. The average molecular weight is 527 g/mol. The minimum absolute atomic E-state index is 0.460. The first-order chi connectivity index (χ1) is 19.7. The molecule has 0 amide bonds. The molecule has 0 spiro atoms. The highest BCUT2D eigenvalue weighted by Gasteiger charge is 2.21. The lowest BCUT2D eigenvalue weighted by Crippen LogP contribution is -2.12. The van der Waals surface area contributed by atoms with Gasteiger partial charge in [-0.05, 0) is 85.8 Å². The molecule has 5 aromatic rings. The van der Waals surface area contributed by atoms with Gasteiger partial charge in [0.05, 0.1) is 28.6 Å². The van der Waals surface area contributed by atoms with Gasteiger partial charge in [0.2, 0.25) is 11.8 Å². The third-order valence-corrected chi connectivity index (χ3v) is 6.83. The molecule has 0 aliphatic heterocycles. The van der Waals surface area contributed by atoms with Gasteiger partial charge < -0.3 is 15.4 Å². The summed E-state index contributed by atoms with van der Waals surface area (Å²) in [5.41, 5.74) is 7.30. The van der Waals surface area contributed by atoms with Crippen LogP contribution in [0.25, 0.3) is 22.5 Å². The molecule has 2 aromatic carbocycles. The van der Waals surface area contributed by atoms with Gasteiger partial charge in [0.15, 0.2) is 5.82 Å². The Bertz CT molecular complexity index is 1690. The van der Waals surface area contributed by atoms with Crippen molar-refractivity contribution < 1.29 is 4.74 Å². The maximum absolute atomic E-state index is 9.13. The van der Waals surface area contributed by atoms with E-state index in [-0.39, 0.29) is 0 Å². The number of ether oxygens (including phenoxy) is 1. The lowest BCUT2D eigenvalue weighted by Gasteiger charge is -2.21. The van der Waals surface area contributed by atoms with Crippen molar-refractivity contribution in [3.05, 3.63) is 95.8 Å². The second-order valence-corrected chi connectivity index (χ2v) is 9.37. The Morgan fingerprint density at radius 3 is 2.42 bits per heavy atom. The summed E-state index contributed by atoms with van der Waals surface area (Å²) in [7, 11) is 1.78. The lowest BCUT2D eigenvalue weighted by molar-refractivity contribution is 0.465. The van der Waals surface area contributed by atoms with Gasteiger partial charge in [0.1, 0.15) is 5.75 Å². The van der Waals surface area contributed by atoms with Gasteiger partial charge in [-0.1, -0.05) is 12.1 Å². The highest BCUT2D eigenvalue weighted by molar-refractivity contribution is 5.71. The SMILES string of the molecule is CNc1nccc(-c2cccnc2Oc2ccc(Nc3nnc(-c4ccc(C#N)cc4)c4c3CCCC4)cc2)n1. The van der Waals surface area contributed by atoms with Crippen LogP contribution in [0.2, 0.25) is 0 Å². The zero-order valence-electron chi connectivity index (χ0n) is 21.9. The minimum atomic E-state index is 0.460. The van der Waals surface area contributed by atoms with Crippen molar-refractivity contribution in [1.29, 1.82) is 5.26 Å². The molecular weight excluding hydrogens is 500 g/mol. The second-order valence-electron chi connectivity index (χ2n) is 9.37. The predicted molar refractivity (Wildman–Crippen MR) is 153 cm³/mol. The summed E-state index contributed by atoms with van der Waals surface area (Å²) >= 11 is 0. The number of nitrogens with one attached hydrogen (secondary N) is 2. The Morgan fingerprint density at radius 2 is 1.65 bits per heavy atom. The number of fused-ring (bicyclic) bond motifs is 1. The van der Waals surface area contributed by atoms with E-state index < -0.39 is 0 Å². The first kappa shape index (κ1) is 24.9. The van der Waals surface area contributed by atoms with E-state index in [0.717, 1.165) is 54.0 Å². The fraction of sp³-hybridized carbons (Fsp3) is 0.161. The minimum Gasteiger partial charge on any atom is -0.438 e. The molecule has 1 aliphatic rings. The van der Waals surface area contributed by atoms with Crippen molar-refractivity contribution in [2.75, 3.05) is 17.7 Å². The van der Waals surface area contributed by atoms with E-state index >= 15 is 0 Å². The normalized spacial score (nSPS) is 12.2. The Hall–Kier alpha value is -5.36. The summed E-state index contributed by atoms with van der Waals surface area (Å²) in [6.07, 6.45) is 7.52. The number of hydrogen-bond acceptors (Lipinski definition) is 9. The Kier molecular flexibility index (Phi) is 6.97. The molecule has 1 aliphatic carbocycles. The zero-order valence-corrected chi connectivity index (χ0v) is 21.9. The van der Waals surface area contributed by atoms with Crippen LogP contribution in [0.3, 0.4) is 0 Å². The molecule has 3 aromatic heterocycles. The van der Waals surface area contributed by atoms with Crippen LogP contribution < -0.4 is 15.4 Å². The maximum Gasteiger partial charge on any atom is 0.228 e. The summed E-state index contributed by atoms with van der Waals surface area (Å²) < 4.78 is 6.15. The molecule has 196 valence electrons. The number of anilines is 3. The summed E-state index contributed by atoms with van der Waals surface area (Å²) in [4.78, 5) is 13.1. The van der Waals surface area contributed by atoms with E-state index in [4.69, 9.17) is 10.00 Å². The first-order valence-corrected chi connectivity index (χ1v) is 13.1. The van der Waals surface area contributed by atoms with Crippen LogP contribution in [0.5, 0.6) is 11.6 Å². The fourth-order valence-electron chi connectivity index (χ4n) is 4.83. The smallest absolute Gasteiger partial charge is 0.228 e. The Morgan fingerprint density at radius 1 is 0.850 bits per heavy atom. The number of rotatable bonds is 7. The van der Waals surface area contributed by atoms with Crippen molar-refractivity contribution in [3.8, 4) is 40.2 Å². The van der Waals surface area contributed by atoms with Crippen molar-refractivity contribution in [3.63, 3.8) is 0 Å². The number of pyridine rings is 1. The summed E-state index contributed by atoms with van der Waals surface area (Å²) in [6.45, 7) is 0. The number of hydrogen-bond donors (Lipinski definition) is 2. The molecule has 6 rings (SSSR count). The molecular formula is C31H26N8O. The monoisotopic (exact) mass is 526 g/mol. The number of benzene rings is 2. The molecule has 0 unspecified atom stereocenters. The highest BCUT2D eigenvalue weighted by Crippen LogP contribution is 2.35. The summed E-state index contributed by atoms with van der Waals surface area (Å²) in [5, 5.41) is 24.7. The molecule has 0 atom stereocenters. The lowest BCUT2D eigenvalue weighted by atomic mass is 9.89. The van der Waals surface area contributed by atoms with E-state index in [0.29, 0.717) is 28.8 Å². The molecule has 3 heterocycles. The topological polar surface area (TPSA) is 122 Å². The van der Waals surface area contributed by atoms with Gasteiger partial charge in [-0.25, -0.2) is 15.0 Å². The third-order valence-electron chi connectivity index (χ3n) is 6.83. The standard InChI is InChI=1S/C31H26N8O/c1-33-31-35-18-16-27(37-31)26-7-4-17-34-30(26)40-23-14-12-22(13-15-23)36-29-25-6-3-2-5-24(25)28(38-39-29)21-10-8-20(19-32)9-11-21/h4,7-18H,2-3,5-6H2,1H3,(H,36,39)(H,33,35,37). The van der Waals surface area contributed by atoms with Crippen LogP contribution in [0.15, 0.2) is 79.1 Å². The van der Waals surface area contributed by atoms with Gasteiger partial charge in [-0.2, -0.15) is 5.26 Å². The van der Waals surface area contributed by atoms with Crippen molar-refractivity contribution in [1.82, 2.24) is 25.1 Å². The average Bonchev–Trinajstić information content (AvgIpc) is 3.02. The Labute approximate surface area is 232 Å². The largest absolute Gasteiger partial charge is 0.438 e. The summed E-state index contributed by atoms with van der Waals surface area (Å²) in [6, 6.07) is 23.0. The van der Waals surface area contributed by atoms with Gasteiger partial charge in [-0.15, -0.1) is 10.2 Å². The van der Waals surface area contributed by atoms with E-state index in [1.807, 2.05) is 66.7 Å². The van der Waals surface area contributed by atoms with Gasteiger partial charge in [-0.3, -0.25) is 0 Å². The van der Waals surface area contributed by atoms with Crippen LogP contribution in [-0.4, -0.2) is 32.2 Å². The van der Waals surface area contributed by atoms with Crippen LogP contribution in [0.1, 0.15) is 29.5 Å². The van der Waals surface area contributed by atoms with Crippen molar-refractivity contribution in [2.24, 2.45) is 0 Å². The molecule has 9 nitrogen and oxygen atoms in total. The van der Waals surface area contributed by atoms with Crippen molar-refractivity contribution >= 4 is 17.5 Å². The molecule has 0 bridgehead atoms. The van der Waals surface area contributed by atoms with Crippen LogP contribution in [0, 0.1) is 11.3 Å². The van der Waals surface area contributed by atoms with Crippen LogP contribution in [0.4, 0.5) is 17.5 Å². The molecule has 9 heteroatoms. The fourth-order valence-corrected chi connectivity index (χ4v) is 4.83. The third kappa shape index (κ3) is 5.15. The molecule has 0 radical (unpaired) electrons. The molecule has 0 saturated carbocycles. The molecule has 2 N–H and O–H groups in total.